The molecule has 1 aromatic carbocycles. The van der Waals surface area contributed by atoms with Crippen LogP contribution >= 0.6 is 27.7 Å². The second-order valence-corrected chi connectivity index (χ2v) is 5.50. The van der Waals surface area contributed by atoms with E-state index in [1.54, 1.807) is 0 Å². The molecule has 1 heterocycles. The number of hydrogen-bond acceptors (Lipinski definition) is 3. The second-order valence-electron chi connectivity index (χ2n) is 3.44. The van der Waals surface area contributed by atoms with Gasteiger partial charge in [-0.3, -0.25) is 0 Å². The van der Waals surface area contributed by atoms with E-state index in [4.69, 9.17) is 5.73 Å². The molecule has 0 spiro atoms. The van der Waals surface area contributed by atoms with E-state index in [1.165, 1.54) is 17.9 Å². The molecule has 1 atom stereocenters. The van der Waals surface area contributed by atoms with Gasteiger partial charge in [0.25, 0.3) is 0 Å². The number of nitrogens with one attached hydrogen (secondary N) is 1. The Morgan fingerprint density at radius 3 is 3.07 bits per heavy atom. The summed E-state index contributed by atoms with van der Waals surface area (Å²) in [5, 5.41) is 3.47. The van der Waals surface area contributed by atoms with Gasteiger partial charge in [0.2, 0.25) is 0 Å². The predicted molar refractivity (Wildman–Crippen MR) is 67.9 cm³/mol. The largest absolute Gasteiger partial charge is 0.397 e. The van der Waals surface area contributed by atoms with Gasteiger partial charge in [-0.15, -0.1) is 0 Å². The molecule has 2 rings (SSSR count). The summed E-state index contributed by atoms with van der Waals surface area (Å²) in [4.78, 5) is 0. The molecule has 1 aliphatic heterocycles. The van der Waals surface area contributed by atoms with Crippen LogP contribution in [0.3, 0.4) is 0 Å². The zero-order chi connectivity index (χ0) is 9.97. The molecule has 1 saturated heterocycles. The van der Waals surface area contributed by atoms with E-state index in [2.05, 4.69) is 21.2 Å². The van der Waals surface area contributed by atoms with E-state index < -0.39 is 0 Å². The van der Waals surface area contributed by atoms with Gasteiger partial charge in [-0.25, -0.2) is 0 Å². The maximum absolute atomic E-state index is 5.88. The van der Waals surface area contributed by atoms with Gasteiger partial charge in [0.15, 0.2) is 0 Å². The van der Waals surface area contributed by atoms with Gasteiger partial charge < -0.3 is 11.1 Å². The van der Waals surface area contributed by atoms with Crippen LogP contribution in [0.25, 0.3) is 0 Å². The zero-order valence-corrected chi connectivity index (χ0v) is 10.2. The highest BCUT2D eigenvalue weighted by Crippen LogP contribution is 2.27. The van der Waals surface area contributed by atoms with Crippen LogP contribution in [0.4, 0.5) is 11.4 Å². The van der Waals surface area contributed by atoms with E-state index in [-0.39, 0.29) is 0 Å². The molecule has 0 aliphatic carbocycles. The Hall–Kier alpha value is -0.350. The molecule has 2 nitrogen and oxygen atoms in total. The first-order valence-electron chi connectivity index (χ1n) is 4.65. The quantitative estimate of drug-likeness (QED) is 0.814. The summed E-state index contributed by atoms with van der Waals surface area (Å²) in [6, 6.07) is 6.51. The van der Waals surface area contributed by atoms with E-state index in [0.29, 0.717) is 6.04 Å². The predicted octanol–water partition coefficient (Wildman–Crippen LogP) is 2.95. The third-order valence-electron chi connectivity index (χ3n) is 2.30. The van der Waals surface area contributed by atoms with Gasteiger partial charge in [-0.05, 0) is 30.4 Å². The van der Waals surface area contributed by atoms with Gasteiger partial charge in [-0.2, -0.15) is 11.8 Å². The fourth-order valence-corrected chi connectivity index (χ4v) is 3.04. The van der Waals surface area contributed by atoms with Crippen molar-refractivity contribution in [2.75, 3.05) is 22.6 Å². The summed E-state index contributed by atoms with van der Waals surface area (Å²) in [5.41, 5.74) is 7.75. The average Bonchev–Trinajstić information content (AvgIpc) is 2.64. The van der Waals surface area contributed by atoms with Gasteiger partial charge >= 0.3 is 0 Å². The van der Waals surface area contributed by atoms with Crippen molar-refractivity contribution in [3.63, 3.8) is 0 Å². The van der Waals surface area contributed by atoms with Gasteiger partial charge in [0.1, 0.15) is 0 Å². The molecule has 4 heteroatoms. The van der Waals surface area contributed by atoms with E-state index in [1.807, 2.05) is 30.0 Å². The molecule has 0 radical (unpaired) electrons. The van der Waals surface area contributed by atoms with Crippen LogP contribution in [0.1, 0.15) is 6.42 Å². The molecule has 0 aromatic heterocycles. The first kappa shape index (κ1) is 10.2. The van der Waals surface area contributed by atoms with Crippen LogP contribution in [0.5, 0.6) is 0 Å². The lowest BCUT2D eigenvalue weighted by atomic mass is 10.2. The maximum atomic E-state index is 5.88. The molecule has 14 heavy (non-hydrogen) atoms. The first-order valence-corrected chi connectivity index (χ1v) is 6.60. The molecule has 1 aromatic rings. The van der Waals surface area contributed by atoms with Crippen molar-refractivity contribution in [2.24, 2.45) is 0 Å². The molecule has 1 unspecified atom stereocenters. The number of nitrogens with two attached hydrogens (primary N) is 1. The van der Waals surface area contributed by atoms with Gasteiger partial charge in [0.05, 0.1) is 11.4 Å². The van der Waals surface area contributed by atoms with Crippen LogP contribution in [0, 0.1) is 0 Å². The first-order chi connectivity index (χ1) is 6.75. The van der Waals surface area contributed by atoms with Crippen LogP contribution in [-0.4, -0.2) is 17.5 Å². The Kier molecular flexibility index (Phi) is 3.23. The molecule has 76 valence electrons. The van der Waals surface area contributed by atoms with Crippen LogP contribution in [-0.2, 0) is 0 Å². The lowest BCUT2D eigenvalue weighted by Crippen LogP contribution is -2.18. The molecule has 0 saturated carbocycles. The summed E-state index contributed by atoms with van der Waals surface area (Å²) in [5.74, 6) is 2.44. The van der Waals surface area contributed by atoms with Gasteiger partial charge in [0, 0.05) is 16.3 Å². The third-order valence-corrected chi connectivity index (χ3v) is 3.96. The third kappa shape index (κ3) is 2.36. The van der Waals surface area contributed by atoms with Crippen molar-refractivity contribution in [1.82, 2.24) is 0 Å². The Bertz CT molecular complexity index is 324. The molecular formula is C10H13BrN2S. The van der Waals surface area contributed by atoms with Crippen molar-refractivity contribution in [1.29, 1.82) is 0 Å². The molecule has 0 bridgehead atoms. The Labute approximate surface area is 96.8 Å². The van der Waals surface area contributed by atoms with Gasteiger partial charge in [-0.1, -0.05) is 15.9 Å². The van der Waals surface area contributed by atoms with Crippen molar-refractivity contribution in [3.8, 4) is 0 Å². The Morgan fingerprint density at radius 2 is 2.36 bits per heavy atom. The van der Waals surface area contributed by atoms with Crippen LogP contribution in [0.15, 0.2) is 22.7 Å². The number of hydrogen-bond donors (Lipinski definition) is 2. The van der Waals surface area contributed by atoms with E-state index in [0.717, 1.165) is 15.8 Å². The average molecular weight is 273 g/mol. The molecule has 3 N–H and O–H groups in total. The number of anilines is 2. The summed E-state index contributed by atoms with van der Waals surface area (Å²) in [6.45, 7) is 0. The maximum Gasteiger partial charge on any atom is 0.0587 e. The molecule has 0 amide bonds. The van der Waals surface area contributed by atoms with Crippen LogP contribution in [0.2, 0.25) is 0 Å². The lowest BCUT2D eigenvalue weighted by Gasteiger charge is -2.14. The number of nitrogen functional groups attached to an aromatic ring is 1. The second kappa shape index (κ2) is 4.45. The van der Waals surface area contributed by atoms with Crippen molar-refractivity contribution < 1.29 is 0 Å². The highest BCUT2D eigenvalue weighted by molar-refractivity contribution is 9.10. The number of benzene rings is 1. The Morgan fingerprint density at radius 1 is 1.50 bits per heavy atom. The van der Waals surface area contributed by atoms with Crippen molar-refractivity contribution in [2.45, 2.75) is 12.5 Å². The minimum absolute atomic E-state index is 0.580. The fraction of sp³-hybridized carbons (Fsp3) is 0.400. The normalized spacial score (nSPS) is 21.1. The van der Waals surface area contributed by atoms with E-state index in [9.17, 15) is 0 Å². The Balaban J connectivity index is 2.10. The highest BCUT2D eigenvalue weighted by atomic mass is 79.9. The number of thioether (sulfide) groups is 1. The standard InChI is InChI=1S/C10H13BrN2S/c11-7-1-2-9(12)10(5-7)13-8-3-4-14-6-8/h1-2,5,8,13H,3-4,6,12H2. The molecule has 1 aliphatic rings. The summed E-state index contributed by atoms with van der Waals surface area (Å²) >= 11 is 5.44. The number of halogens is 1. The summed E-state index contributed by atoms with van der Waals surface area (Å²) in [6.07, 6.45) is 1.23. The topological polar surface area (TPSA) is 38.0 Å². The van der Waals surface area contributed by atoms with Crippen molar-refractivity contribution >= 4 is 39.1 Å². The van der Waals surface area contributed by atoms with E-state index >= 15 is 0 Å². The summed E-state index contributed by atoms with van der Waals surface area (Å²) < 4.78 is 1.07. The zero-order valence-electron chi connectivity index (χ0n) is 7.79. The minimum Gasteiger partial charge on any atom is -0.397 e. The smallest absolute Gasteiger partial charge is 0.0587 e. The SMILES string of the molecule is Nc1ccc(Br)cc1NC1CCSC1. The monoisotopic (exact) mass is 272 g/mol. The summed E-state index contributed by atoms with van der Waals surface area (Å²) in [7, 11) is 0. The highest BCUT2D eigenvalue weighted by Gasteiger charge is 2.15. The number of rotatable bonds is 2. The van der Waals surface area contributed by atoms with Crippen molar-refractivity contribution in [3.05, 3.63) is 22.7 Å². The van der Waals surface area contributed by atoms with Crippen LogP contribution < -0.4 is 11.1 Å². The minimum atomic E-state index is 0.580. The fourth-order valence-electron chi connectivity index (χ4n) is 1.52. The molecule has 1 fully saturated rings. The molecular weight excluding hydrogens is 260 g/mol. The lowest BCUT2D eigenvalue weighted by molar-refractivity contribution is 0.813.